The molecular formula is C5H8F4O2. The summed E-state index contributed by atoms with van der Waals surface area (Å²) in [5.74, 6) is 0. The molecule has 0 aliphatic rings. The molecule has 11 heavy (non-hydrogen) atoms. The van der Waals surface area contributed by atoms with Crippen LogP contribution in [0.4, 0.5) is 17.6 Å². The average molecular weight is 176 g/mol. The van der Waals surface area contributed by atoms with E-state index in [4.69, 9.17) is 5.11 Å². The van der Waals surface area contributed by atoms with Crippen molar-refractivity contribution in [1.82, 2.24) is 0 Å². The van der Waals surface area contributed by atoms with Gasteiger partial charge in [0, 0.05) is 0 Å². The molecule has 0 fully saturated rings. The smallest absolute Gasteiger partial charge is 0.388 e. The molecule has 6 heteroatoms. The maximum atomic E-state index is 11.4. The van der Waals surface area contributed by atoms with Crippen LogP contribution in [0.25, 0.3) is 0 Å². The summed E-state index contributed by atoms with van der Waals surface area (Å²) >= 11 is 0. The molecule has 1 unspecified atom stereocenters. The van der Waals surface area contributed by atoms with E-state index in [1.54, 1.807) is 0 Å². The fourth-order valence-electron chi connectivity index (χ4n) is 0.355. The molecule has 2 nitrogen and oxygen atoms in total. The Morgan fingerprint density at radius 2 is 1.91 bits per heavy atom. The standard InChI is InChI=1S/C5H8F4O2/c6-1-4(10)2-11-3-5(7,8)9/h4,10H,1-3H2. The highest BCUT2D eigenvalue weighted by Gasteiger charge is 2.27. The first-order valence-electron chi connectivity index (χ1n) is 2.84. The highest BCUT2D eigenvalue weighted by atomic mass is 19.4. The molecule has 0 aliphatic heterocycles. The average Bonchev–Trinajstić information content (AvgIpc) is 1.85. The van der Waals surface area contributed by atoms with Crippen LogP contribution in [0.15, 0.2) is 0 Å². The zero-order valence-electron chi connectivity index (χ0n) is 5.57. The van der Waals surface area contributed by atoms with Gasteiger partial charge in [0.05, 0.1) is 6.61 Å². The quantitative estimate of drug-likeness (QED) is 0.644. The van der Waals surface area contributed by atoms with Crippen LogP contribution in [0.5, 0.6) is 0 Å². The Balaban J connectivity index is 3.28. The van der Waals surface area contributed by atoms with Crippen molar-refractivity contribution in [3.8, 4) is 0 Å². The second kappa shape index (κ2) is 4.50. The van der Waals surface area contributed by atoms with Gasteiger partial charge in [-0.1, -0.05) is 0 Å². The molecular weight excluding hydrogens is 168 g/mol. The summed E-state index contributed by atoms with van der Waals surface area (Å²) in [6.07, 6.45) is -5.88. The van der Waals surface area contributed by atoms with Crippen LogP contribution in [-0.4, -0.2) is 37.3 Å². The van der Waals surface area contributed by atoms with Gasteiger partial charge in [-0.05, 0) is 0 Å². The molecule has 1 N–H and O–H groups in total. The first-order valence-corrected chi connectivity index (χ1v) is 2.84. The third kappa shape index (κ3) is 7.54. The second-order valence-corrected chi connectivity index (χ2v) is 1.94. The van der Waals surface area contributed by atoms with E-state index in [1.165, 1.54) is 0 Å². The van der Waals surface area contributed by atoms with Crippen LogP contribution >= 0.6 is 0 Å². The molecule has 0 heterocycles. The molecule has 0 radical (unpaired) electrons. The molecule has 0 aromatic heterocycles. The number of ether oxygens (including phenoxy) is 1. The molecule has 0 aromatic rings. The summed E-state index contributed by atoms with van der Waals surface area (Å²) in [7, 11) is 0. The summed E-state index contributed by atoms with van der Waals surface area (Å²) in [5, 5.41) is 8.39. The fourth-order valence-corrected chi connectivity index (χ4v) is 0.355. The molecule has 0 saturated heterocycles. The van der Waals surface area contributed by atoms with Gasteiger partial charge in [-0.2, -0.15) is 13.2 Å². The van der Waals surface area contributed by atoms with Gasteiger partial charge in [0.15, 0.2) is 0 Å². The third-order valence-corrected chi connectivity index (χ3v) is 0.754. The van der Waals surface area contributed by atoms with Gasteiger partial charge >= 0.3 is 6.18 Å². The molecule has 0 aliphatic carbocycles. The van der Waals surface area contributed by atoms with E-state index in [-0.39, 0.29) is 0 Å². The van der Waals surface area contributed by atoms with E-state index in [1.807, 2.05) is 0 Å². The Bertz CT molecular complexity index is 103. The van der Waals surface area contributed by atoms with Crippen LogP contribution in [-0.2, 0) is 4.74 Å². The van der Waals surface area contributed by atoms with Gasteiger partial charge < -0.3 is 9.84 Å². The third-order valence-electron chi connectivity index (χ3n) is 0.754. The molecule has 0 saturated carbocycles. The van der Waals surface area contributed by atoms with Gasteiger partial charge in [0.1, 0.15) is 19.4 Å². The molecule has 0 amide bonds. The molecule has 1 atom stereocenters. The SMILES string of the molecule is OC(CF)COCC(F)(F)F. The predicted molar refractivity (Wildman–Crippen MR) is 28.9 cm³/mol. The molecule has 68 valence electrons. The summed E-state index contributed by atoms with van der Waals surface area (Å²) in [6, 6.07) is 0. The van der Waals surface area contributed by atoms with E-state index in [0.717, 1.165) is 0 Å². The van der Waals surface area contributed by atoms with E-state index >= 15 is 0 Å². The lowest BCUT2D eigenvalue weighted by atomic mass is 10.4. The number of rotatable bonds is 4. The zero-order valence-corrected chi connectivity index (χ0v) is 5.57. The van der Waals surface area contributed by atoms with E-state index < -0.39 is 32.2 Å². The van der Waals surface area contributed by atoms with Crippen molar-refractivity contribution in [3.05, 3.63) is 0 Å². The molecule has 0 aromatic carbocycles. The Labute approximate surface area is 60.8 Å². The number of aliphatic hydroxyl groups is 1. The van der Waals surface area contributed by atoms with Crippen LogP contribution in [0, 0.1) is 0 Å². The van der Waals surface area contributed by atoms with E-state index in [2.05, 4.69) is 4.74 Å². The Hall–Kier alpha value is -0.360. The van der Waals surface area contributed by atoms with Crippen LogP contribution < -0.4 is 0 Å². The Kier molecular flexibility index (Phi) is 4.36. The minimum absolute atomic E-state index is 0.629. The van der Waals surface area contributed by atoms with Gasteiger partial charge in [-0.15, -0.1) is 0 Å². The lowest BCUT2D eigenvalue weighted by Crippen LogP contribution is -2.23. The second-order valence-electron chi connectivity index (χ2n) is 1.94. The first kappa shape index (κ1) is 10.6. The minimum atomic E-state index is -4.42. The maximum absolute atomic E-state index is 11.4. The predicted octanol–water partition coefficient (Wildman–Crippen LogP) is 0.896. The van der Waals surface area contributed by atoms with Crippen molar-refractivity contribution in [2.75, 3.05) is 19.9 Å². The van der Waals surface area contributed by atoms with Gasteiger partial charge in [-0.25, -0.2) is 4.39 Å². The summed E-state index contributed by atoms with van der Waals surface area (Å²) in [5.41, 5.74) is 0. The van der Waals surface area contributed by atoms with Crippen molar-refractivity contribution in [2.45, 2.75) is 12.3 Å². The lowest BCUT2D eigenvalue weighted by Gasteiger charge is -2.09. The van der Waals surface area contributed by atoms with Crippen LogP contribution in [0.3, 0.4) is 0 Å². The lowest BCUT2D eigenvalue weighted by molar-refractivity contribution is -0.179. The van der Waals surface area contributed by atoms with Crippen LogP contribution in [0.1, 0.15) is 0 Å². The van der Waals surface area contributed by atoms with Crippen molar-refractivity contribution < 1.29 is 27.4 Å². The topological polar surface area (TPSA) is 29.5 Å². The molecule has 0 bridgehead atoms. The van der Waals surface area contributed by atoms with E-state index in [0.29, 0.717) is 0 Å². The van der Waals surface area contributed by atoms with Gasteiger partial charge in [0.2, 0.25) is 0 Å². The number of aliphatic hydroxyl groups excluding tert-OH is 1. The number of halogens is 4. The number of hydrogen-bond acceptors (Lipinski definition) is 2. The summed E-state index contributed by atoms with van der Waals surface area (Å²) in [4.78, 5) is 0. The monoisotopic (exact) mass is 176 g/mol. The Morgan fingerprint density at radius 1 is 1.36 bits per heavy atom. The first-order chi connectivity index (χ1) is 4.95. The van der Waals surface area contributed by atoms with Crippen LogP contribution in [0.2, 0.25) is 0 Å². The Morgan fingerprint density at radius 3 is 2.27 bits per heavy atom. The van der Waals surface area contributed by atoms with Crippen molar-refractivity contribution >= 4 is 0 Å². The summed E-state index contributed by atoms with van der Waals surface area (Å²) in [6.45, 7) is -3.18. The number of alkyl halides is 4. The fraction of sp³-hybridized carbons (Fsp3) is 1.00. The summed E-state index contributed by atoms with van der Waals surface area (Å²) < 4.78 is 49.3. The largest absolute Gasteiger partial charge is 0.411 e. The zero-order chi connectivity index (χ0) is 8.91. The molecule has 0 spiro atoms. The van der Waals surface area contributed by atoms with Crippen molar-refractivity contribution in [1.29, 1.82) is 0 Å². The number of hydrogen-bond donors (Lipinski definition) is 1. The van der Waals surface area contributed by atoms with Crippen molar-refractivity contribution in [3.63, 3.8) is 0 Å². The van der Waals surface area contributed by atoms with Crippen molar-refractivity contribution in [2.24, 2.45) is 0 Å². The highest BCUT2D eigenvalue weighted by Crippen LogP contribution is 2.14. The molecule has 0 rings (SSSR count). The van der Waals surface area contributed by atoms with Gasteiger partial charge in [0.25, 0.3) is 0 Å². The highest BCUT2D eigenvalue weighted by molar-refractivity contribution is 4.51. The normalized spacial score (nSPS) is 15.0. The van der Waals surface area contributed by atoms with Gasteiger partial charge in [-0.3, -0.25) is 0 Å². The van der Waals surface area contributed by atoms with E-state index in [9.17, 15) is 17.6 Å². The maximum Gasteiger partial charge on any atom is 0.411 e. The minimum Gasteiger partial charge on any atom is -0.388 e.